The molecule has 1 fully saturated rings. The highest BCUT2D eigenvalue weighted by molar-refractivity contribution is 5.99. The van der Waals surface area contributed by atoms with E-state index in [1.165, 1.54) is 5.57 Å². The highest BCUT2D eigenvalue weighted by atomic mass is 35.5. The average molecular weight is 375 g/mol. The number of aromatic nitrogens is 1. The van der Waals surface area contributed by atoms with Gasteiger partial charge in [0.15, 0.2) is 0 Å². The third kappa shape index (κ3) is 5.34. The lowest BCUT2D eigenvalue weighted by molar-refractivity contribution is 0.0954. The molecule has 0 spiro atoms. The van der Waals surface area contributed by atoms with Crippen LogP contribution in [0.1, 0.15) is 16.8 Å². The van der Waals surface area contributed by atoms with E-state index in [1.54, 1.807) is 6.20 Å². The first-order valence-electron chi connectivity index (χ1n) is 7.79. The van der Waals surface area contributed by atoms with E-state index in [0.29, 0.717) is 25.3 Å². The molecule has 1 aromatic heterocycles. The molecule has 3 rings (SSSR count). The molecule has 0 saturated carbocycles. The maximum absolute atomic E-state index is 12.5. The number of nitrogens with zero attached hydrogens (tertiary/aromatic N) is 2. The quantitative estimate of drug-likeness (QED) is 0.780. The van der Waals surface area contributed by atoms with Crippen LogP contribution in [0.5, 0.6) is 0 Å². The van der Waals surface area contributed by atoms with Gasteiger partial charge in [0.1, 0.15) is 5.82 Å². The van der Waals surface area contributed by atoms with Gasteiger partial charge in [-0.3, -0.25) is 4.79 Å². The van der Waals surface area contributed by atoms with Crippen LogP contribution < -0.4 is 15.5 Å². The van der Waals surface area contributed by atoms with Crippen molar-refractivity contribution in [1.82, 2.24) is 15.6 Å². The Kier molecular flexibility index (Phi) is 9.07. The van der Waals surface area contributed by atoms with E-state index < -0.39 is 0 Å². The Bertz CT molecular complexity index is 563. The number of carbonyl (C=O) groups is 1. The lowest BCUT2D eigenvalue weighted by Gasteiger charge is -2.29. The van der Waals surface area contributed by atoms with Crippen molar-refractivity contribution in [3.8, 4) is 0 Å². The Labute approximate surface area is 154 Å². The molecule has 1 saturated heterocycles. The second-order valence-electron chi connectivity index (χ2n) is 5.47. The number of morpholine rings is 1. The van der Waals surface area contributed by atoms with Crippen LogP contribution >= 0.6 is 24.8 Å². The van der Waals surface area contributed by atoms with Gasteiger partial charge in [0.2, 0.25) is 0 Å². The van der Waals surface area contributed by atoms with E-state index in [2.05, 4.69) is 26.6 Å². The molecule has 0 bridgehead atoms. The van der Waals surface area contributed by atoms with Gasteiger partial charge in [0, 0.05) is 32.4 Å². The second kappa shape index (κ2) is 10.5. The SMILES string of the molecule is Cl.Cl.O=C(NCC1=CCNCC1)c1cccnc1N1CCOCC1. The van der Waals surface area contributed by atoms with Gasteiger partial charge < -0.3 is 20.3 Å². The van der Waals surface area contributed by atoms with E-state index in [4.69, 9.17) is 4.74 Å². The summed E-state index contributed by atoms with van der Waals surface area (Å²) in [5.41, 5.74) is 1.92. The van der Waals surface area contributed by atoms with Crippen LogP contribution in [0, 0.1) is 0 Å². The van der Waals surface area contributed by atoms with Crippen LogP contribution in [0.4, 0.5) is 5.82 Å². The molecule has 0 aliphatic carbocycles. The van der Waals surface area contributed by atoms with Crippen molar-refractivity contribution in [2.24, 2.45) is 0 Å². The van der Waals surface area contributed by atoms with Gasteiger partial charge >= 0.3 is 0 Å². The third-order valence-corrected chi connectivity index (χ3v) is 3.98. The Morgan fingerprint density at radius 3 is 2.83 bits per heavy atom. The van der Waals surface area contributed by atoms with Crippen molar-refractivity contribution in [1.29, 1.82) is 0 Å². The highest BCUT2D eigenvalue weighted by Crippen LogP contribution is 2.18. The van der Waals surface area contributed by atoms with Crippen molar-refractivity contribution < 1.29 is 9.53 Å². The normalized spacial score (nSPS) is 17.2. The fraction of sp³-hybridized carbons (Fsp3) is 0.500. The maximum Gasteiger partial charge on any atom is 0.255 e. The Morgan fingerprint density at radius 1 is 1.33 bits per heavy atom. The molecular weight excluding hydrogens is 351 g/mol. The van der Waals surface area contributed by atoms with Crippen LogP contribution in [0.2, 0.25) is 0 Å². The van der Waals surface area contributed by atoms with Crippen molar-refractivity contribution >= 4 is 36.5 Å². The minimum atomic E-state index is -0.0611. The molecule has 3 heterocycles. The Morgan fingerprint density at radius 2 is 2.12 bits per heavy atom. The molecular formula is C16H24Cl2N4O2. The van der Waals surface area contributed by atoms with Gasteiger partial charge in [-0.2, -0.15) is 0 Å². The number of hydrogen-bond acceptors (Lipinski definition) is 5. The molecule has 6 nitrogen and oxygen atoms in total. The predicted octanol–water partition coefficient (Wildman–Crippen LogP) is 1.41. The van der Waals surface area contributed by atoms with Crippen molar-refractivity contribution in [3.63, 3.8) is 0 Å². The van der Waals surface area contributed by atoms with E-state index in [0.717, 1.165) is 38.4 Å². The standard InChI is InChI=1S/C16H22N4O2.2ClH/c21-16(19-12-13-3-6-17-7-4-13)14-2-1-5-18-15(14)20-8-10-22-11-9-20;;/h1-3,5,17H,4,6-12H2,(H,19,21);2*1H. The Hall–Kier alpha value is -1.34. The molecule has 0 unspecified atom stereocenters. The first-order chi connectivity index (χ1) is 10.8. The molecule has 134 valence electrons. The summed E-state index contributed by atoms with van der Waals surface area (Å²) in [5, 5.41) is 6.28. The summed E-state index contributed by atoms with van der Waals surface area (Å²) in [4.78, 5) is 19.0. The summed E-state index contributed by atoms with van der Waals surface area (Å²) in [5.74, 6) is 0.691. The molecule has 2 aliphatic rings. The Balaban J connectivity index is 0.00000144. The number of rotatable bonds is 4. The van der Waals surface area contributed by atoms with Crippen molar-refractivity contribution in [2.45, 2.75) is 6.42 Å². The molecule has 2 N–H and O–H groups in total. The van der Waals surface area contributed by atoms with Gasteiger partial charge in [-0.05, 0) is 25.1 Å². The van der Waals surface area contributed by atoms with E-state index in [-0.39, 0.29) is 30.7 Å². The number of carbonyl (C=O) groups excluding carboxylic acids is 1. The number of anilines is 1. The molecule has 0 aromatic carbocycles. The van der Waals surface area contributed by atoms with Crippen LogP contribution in [0.15, 0.2) is 30.0 Å². The summed E-state index contributed by atoms with van der Waals surface area (Å²) in [7, 11) is 0. The number of amides is 1. The minimum absolute atomic E-state index is 0. The first-order valence-corrected chi connectivity index (χ1v) is 7.79. The topological polar surface area (TPSA) is 66.5 Å². The van der Waals surface area contributed by atoms with E-state index >= 15 is 0 Å². The summed E-state index contributed by atoms with van der Waals surface area (Å²) >= 11 is 0. The van der Waals surface area contributed by atoms with Gasteiger partial charge in [0.25, 0.3) is 5.91 Å². The van der Waals surface area contributed by atoms with Gasteiger partial charge in [0.05, 0.1) is 18.8 Å². The molecule has 1 aromatic rings. The lowest BCUT2D eigenvalue weighted by atomic mass is 10.1. The second-order valence-corrected chi connectivity index (χ2v) is 5.47. The molecule has 1 amide bonds. The van der Waals surface area contributed by atoms with Gasteiger partial charge in [-0.25, -0.2) is 4.98 Å². The number of halogens is 2. The van der Waals surface area contributed by atoms with Crippen LogP contribution in [0.3, 0.4) is 0 Å². The van der Waals surface area contributed by atoms with Crippen molar-refractivity contribution in [3.05, 3.63) is 35.5 Å². The maximum atomic E-state index is 12.5. The van der Waals surface area contributed by atoms with Crippen molar-refractivity contribution in [2.75, 3.05) is 50.8 Å². The smallest absolute Gasteiger partial charge is 0.255 e. The van der Waals surface area contributed by atoms with Crippen LogP contribution in [0.25, 0.3) is 0 Å². The van der Waals surface area contributed by atoms with Gasteiger partial charge in [-0.1, -0.05) is 11.6 Å². The third-order valence-electron chi connectivity index (χ3n) is 3.98. The van der Waals surface area contributed by atoms with Crippen LogP contribution in [-0.4, -0.2) is 56.8 Å². The highest BCUT2D eigenvalue weighted by Gasteiger charge is 2.19. The summed E-state index contributed by atoms with van der Waals surface area (Å²) in [6.07, 6.45) is 4.87. The summed E-state index contributed by atoms with van der Waals surface area (Å²) in [6, 6.07) is 3.65. The number of ether oxygens (including phenoxy) is 1. The van der Waals surface area contributed by atoms with Gasteiger partial charge in [-0.15, -0.1) is 24.8 Å². The molecule has 8 heteroatoms. The molecule has 0 atom stereocenters. The number of pyridine rings is 1. The fourth-order valence-corrected chi connectivity index (χ4v) is 2.72. The molecule has 0 radical (unpaired) electrons. The zero-order chi connectivity index (χ0) is 15.2. The van der Waals surface area contributed by atoms with Crippen LogP contribution in [-0.2, 0) is 4.74 Å². The zero-order valence-corrected chi connectivity index (χ0v) is 15.1. The number of nitrogens with one attached hydrogen (secondary N) is 2. The lowest BCUT2D eigenvalue weighted by Crippen LogP contribution is -2.38. The monoisotopic (exact) mass is 374 g/mol. The summed E-state index contributed by atoms with van der Waals surface area (Å²) < 4.78 is 5.37. The largest absolute Gasteiger partial charge is 0.378 e. The first kappa shape index (κ1) is 20.7. The number of hydrogen-bond donors (Lipinski definition) is 2. The zero-order valence-electron chi connectivity index (χ0n) is 13.5. The molecule has 24 heavy (non-hydrogen) atoms. The molecule has 2 aliphatic heterocycles. The summed E-state index contributed by atoms with van der Waals surface area (Å²) in [6.45, 7) is 5.37. The predicted molar refractivity (Wildman–Crippen MR) is 99.7 cm³/mol. The fourth-order valence-electron chi connectivity index (χ4n) is 2.72. The average Bonchev–Trinajstić information content (AvgIpc) is 2.61. The van der Waals surface area contributed by atoms with E-state index in [9.17, 15) is 4.79 Å². The van der Waals surface area contributed by atoms with E-state index in [1.807, 2.05) is 12.1 Å². The minimum Gasteiger partial charge on any atom is -0.378 e.